The van der Waals surface area contributed by atoms with Crippen LogP contribution in [0.3, 0.4) is 0 Å². The molecule has 0 aromatic rings. The first-order chi connectivity index (χ1) is 7.94. The second kappa shape index (κ2) is 8.47. The fraction of sp³-hybridized carbons (Fsp3) is 0.909. The molecule has 102 valence electrons. The van der Waals surface area contributed by atoms with Gasteiger partial charge in [-0.25, -0.2) is 13.2 Å². The molecule has 5 nitrogen and oxygen atoms in total. The molecule has 1 N–H and O–H groups in total. The van der Waals surface area contributed by atoms with Gasteiger partial charge in [0, 0.05) is 0 Å². The zero-order valence-corrected chi connectivity index (χ0v) is 11.3. The molecule has 0 spiro atoms. The van der Waals surface area contributed by atoms with Crippen LogP contribution >= 0.6 is 0 Å². The standard InChI is InChI=1S/C11H22O5S/c1-3-4-5-6-7-10(2)17(14,15)9-8-11(12)16-13/h10,13H,3-9H2,1-2H3. The lowest BCUT2D eigenvalue weighted by Gasteiger charge is -2.11. The highest BCUT2D eigenvalue weighted by Gasteiger charge is 2.21. The number of hydrogen-bond acceptors (Lipinski definition) is 5. The van der Waals surface area contributed by atoms with Crippen molar-refractivity contribution < 1.29 is 23.4 Å². The third-order valence-corrected chi connectivity index (χ3v) is 5.00. The molecule has 1 unspecified atom stereocenters. The van der Waals surface area contributed by atoms with Crippen molar-refractivity contribution in [1.29, 1.82) is 0 Å². The molecule has 17 heavy (non-hydrogen) atoms. The molecular formula is C11H22O5S. The van der Waals surface area contributed by atoms with Crippen LogP contribution in [0.5, 0.6) is 0 Å². The Morgan fingerprint density at radius 1 is 1.29 bits per heavy atom. The van der Waals surface area contributed by atoms with Gasteiger partial charge in [0.15, 0.2) is 9.84 Å². The average Bonchev–Trinajstić information content (AvgIpc) is 2.31. The molecule has 1 atom stereocenters. The highest BCUT2D eigenvalue weighted by Crippen LogP contribution is 2.13. The third kappa shape index (κ3) is 7.33. The minimum absolute atomic E-state index is 0.263. The van der Waals surface area contributed by atoms with Crippen LogP contribution < -0.4 is 0 Å². The summed E-state index contributed by atoms with van der Waals surface area (Å²) in [6, 6.07) is 0. The Bertz CT molecular complexity index is 310. The van der Waals surface area contributed by atoms with Crippen molar-refractivity contribution in [2.24, 2.45) is 0 Å². The maximum absolute atomic E-state index is 11.7. The summed E-state index contributed by atoms with van der Waals surface area (Å²) in [5.41, 5.74) is 0. The van der Waals surface area contributed by atoms with Gasteiger partial charge in [-0.1, -0.05) is 32.6 Å². The first-order valence-corrected chi connectivity index (χ1v) is 7.71. The molecule has 0 saturated heterocycles. The molecule has 0 bridgehead atoms. The van der Waals surface area contributed by atoms with Gasteiger partial charge in [-0.15, -0.1) is 0 Å². The quantitative estimate of drug-likeness (QED) is 0.393. The van der Waals surface area contributed by atoms with Crippen molar-refractivity contribution in [2.45, 2.75) is 57.6 Å². The lowest BCUT2D eigenvalue weighted by molar-refractivity contribution is -0.233. The first kappa shape index (κ1) is 16.4. The predicted molar refractivity (Wildman–Crippen MR) is 65.3 cm³/mol. The van der Waals surface area contributed by atoms with Crippen LogP contribution in [0.2, 0.25) is 0 Å². The van der Waals surface area contributed by atoms with E-state index < -0.39 is 21.1 Å². The van der Waals surface area contributed by atoms with Crippen LogP contribution in [0.4, 0.5) is 0 Å². The van der Waals surface area contributed by atoms with Crippen molar-refractivity contribution in [1.82, 2.24) is 0 Å². The van der Waals surface area contributed by atoms with Crippen molar-refractivity contribution in [3.05, 3.63) is 0 Å². The van der Waals surface area contributed by atoms with Gasteiger partial charge in [0.25, 0.3) is 0 Å². The molecule has 0 radical (unpaired) electrons. The zero-order valence-electron chi connectivity index (χ0n) is 10.5. The summed E-state index contributed by atoms with van der Waals surface area (Å²) in [6.45, 7) is 3.76. The number of rotatable bonds is 9. The van der Waals surface area contributed by atoms with Crippen LogP contribution in [-0.4, -0.2) is 30.6 Å². The zero-order chi connectivity index (χ0) is 13.3. The van der Waals surface area contributed by atoms with E-state index in [0.29, 0.717) is 6.42 Å². The van der Waals surface area contributed by atoms with Gasteiger partial charge < -0.3 is 4.89 Å². The molecule has 0 aromatic heterocycles. The molecule has 0 aromatic carbocycles. The van der Waals surface area contributed by atoms with Crippen LogP contribution in [-0.2, 0) is 19.5 Å². The Kier molecular flexibility index (Phi) is 8.16. The Balaban J connectivity index is 3.99. The van der Waals surface area contributed by atoms with Gasteiger partial charge in [-0.05, 0) is 13.3 Å². The van der Waals surface area contributed by atoms with Crippen LogP contribution in [0.1, 0.15) is 52.4 Å². The fourth-order valence-corrected chi connectivity index (χ4v) is 2.89. The van der Waals surface area contributed by atoms with Crippen LogP contribution in [0, 0.1) is 0 Å². The molecule has 6 heteroatoms. The van der Waals surface area contributed by atoms with E-state index in [1.165, 1.54) is 0 Å². The molecule has 0 heterocycles. The Hall–Kier alpha value is -0.620. The molecule has 0 aliphatic rings. The number of carbonyl (C=O) groups is 1. The predicted octanol–water partition coefficient (Wildman–Crippen LogP) is 2.17. The summed E-state index contributed by atoms with van der Waals surface area (Å²) >= 11 is 0. The summed E-state index contributed by atoms with van der Waals surface area (Å²) in [4.78, 5) is 14.1. The van der Waals surface area contributed by atoms with Gasteiger partial charge >= 0.3 is 5.97 Å². The summed E-state index contributed by atoms with van der Waals surface area (Å²) in [6.07, 6.45) is 4.48. The average molecular weight is 266 g/mol. The van der Waals surface area contributed by atoms with E-state index in [4.69, 9.17) is 5.26 Å². The third-order valence-electron chi connectivity index (χ3n) is 2.77. The summed E-state index contributed by atoms with van der Waals surface area (Å²) in [5, 5.41) is 7.59. The fourth-order valence-electron chi connectivity index (χ4n) is 1.51. The van der Waals surface area contributed by atoms with E-state index in [0.717, 1.165) is 25.7 Å². The van der Waals surface area contributed by atoms with E-state index >= 15 is 0 Å². The molecule has 0 saturated carbocycles. The highest BCUT2D eigenvalue weighted by atomic mass is 32.2. The van der Waals surface area contributed by atoms with Gasteiger partial charge in [-0.2, -0.15) is 5.26 Å². The van der Waals surface area contributed by atoms with Crippen LogP contribution in [0.15, 0.2) is 0 Å². The van der Waals surface area contributed by atoms with Gasteiger partial charge in [-0.3, -0.25) is 0 Å². The summed E-state index contributed by atoms with van der Waals surface area (Å²) in [5.74, 6) is -1.17. The normalized spacial score (nSPS) is 13.4. The number of unbranched alkanes of at least 4 members (excludes halogenated alkanes) is 3. The van der Waals surface area contributed by atoms with Crippen LogP contribution in [0.25, 0.3) is 0 Å². The lowest BCUT2D eigenvalue weighted by atomic mass is 10.1. The van der Waals surface area contributed by atoms with E-state index in [-0.39, 0.29) is 12.2 Å². The Morgan fingerprint density at radius 2 is 1.94 bits per heavy atom. The SMILES string of the molecule is CCCCCCC(C)S(=O)(=O)CCC(=O)OO. The molecule has 0 aliphatic carbocycles. The van der Waals surface area contributed by atoms with E-state index in [1.807, 2.05) is 0 Å². The van der Waals surface area contributed by atoms with Gasteiger partial charge in [0.05, 0.1) is 17.4 Å². The number of hydrogen-bond donors (Lipinski definition) is 1. The van der Waals surface area contributed by atoms with Crippen molar-refractivity contribution in [2.75, 3.05) is 5.75 Å². The van der Waals surface area contributed by atoms with Crippen molar-refractivity contribution in [3.8, 4) is 0 Å². The monoisotopic (exact) mass is 266 g/mol. The second-order valence-corrected chi connectivity index (χ2v) is 6.78. The smallest absolute Gasteiger partial charge is 0.301 e. The highest BCUT2D eigenvalue weighted by molar-refractivity contribution is 7.92. The minimum Gasteiger partial charge on any atom is -0.301 e. The van der Waals surface area contributed by atoms with E-state index in [1.54, 1.807) is 6.92 Å². The molecule has 0 amide bonds. The van der Waals surface area contributed by atoms with Crippen molar-refractivity contribution >= 4 is 15.8 Å². The lowest BCUT2D eigenvalue weighted by Crippen LogP contribution is -2.23. The topological polar surface area (TPSA) is 80.7 Å². The maximum Gasteiger partial charge on any atom is 0.343 e. The Morgan fingerprint density at radius 3 is 2.47 bits per heavy atom. The van der Waals surface area contributed by atoms with Gasteiger partial charge in [0.2, 0.25) is 0 Å². The summed E-state index contributed by atoms with van der Waals surface area (Å²) in [7, 11) is -3.26. The van der Waals surface area contributed by atoms with E-state index in [9.17, 15) is 13.2 Å². The largest absolute Gasteiger partial charge is 0.343 e. The second-order valence-electron chi connectivity index (χ2n) is 4.24. The van der Waals surface area contributed by atoms with Crippen molar-refractivity contribution in [3.63, 3.8) is 0 Å². The van der Waals surface area contributed by atoms with Gasteiger partial charge in [0.1, 0.15) is 0 Å². The maximum atomic E-state index is 11.7. The molecule has 0 fully saturated rings. The number of carbonyl (C=O) groups excluding carboxylic acids is 1. The molecular weight excluding hydrogens is 244 g/mol. The Labute approximate surface area is 103 Å². The summed E-state index contributed by atoms with van der Waals surface area (Å²) < 4.78 is 23.5. The molecule has 0 aliphatic heterocycles. The first-order valence-electron chi connectivity index (χ1n) is 5.99. The van der Waals surface area contributed by atoms with E-state index in [2.05, 4.69) is 11.8 Å². The molecule has 0 rings (SSSR count). The minimum atomic E-state index is -3.26. The number of sulfone groups is 1.